The Balaban J connectivity index is 1.83. The van der Waals surface area contributed by atoms with E-state index in [4.69, 9.17) is 4.74 Å². The van der Waals surface area contributed by atoms with Crippen LogP contribution < -0.4 is 9.64 Å². The number of fused-ring (bicyclic) bond motifs is 1. The Morgan fingerprint density at radius 3 is 2.26 bits per heavy atom. The molecule has 38 heavy (non-hydrogen) atoms. The Bertz CT molecular complexity index is 1490. The molecule has 0 aromatic heterocycles. The van der Waals surface area contributed by atoms with Gasteiger partial charge in [-0.2, -0.15) is 17.5 Å². The van der Waals surface area contributed by atoms with Crippen LogP contribution in [0.15, 0.2) is 71.6 Å². The van der Waals surface area contributed by atoms with Crippen molar-refractivity contribution in [2.45, 2.75) is 30.6 Å². The maximum Gasteiger partial charge on any atom is 0.416 e. The average molecular weight is 549 g/mol. The van der Waals surface area contributed by atoms with Gasteiger partial charge in [-0.25, -0.2) is 8.42 Å². The maximum atomic E-state index is 13.7. The monoisotopic (exact) mass is 548 g/mol. The number of rotatable bonds is 5. The van der Waals surface area contributed by atoms with Crippen molar-refractivity contribution in [2.75, 3.05) is 18.6 Å². The van der Waals surface area contributed by atoms with Gasteiger partial charge >= 0.3 is 12.1 Å². The number of para-hydroxylation sites is 1. The molecule has 4 rings (SSSR count). The topological polar surface area (TPSA) is 104 Å². The smallest absolute Gasteiger partial charge is 0.416 e. The number of benzene rings is 3. The number of hydrogen-bond donors (Lipinski definition) is 1. The first-order valence-electron chi connectivity index (χ1n) is 11.3. The summed E-state index contributed by atoms with van der Waals surface area (Å²) in [6, 6.07) is 13.0. The SMILES string of the molecule is COc1ccc(S(=O)(=O)N2Cc3ccccc3N(C(=O)c3cccc(C(F)(F)F)c3C)CC2C(=O)O)cc1. The number of carboxylic acid groups (broad SMARTS) is 1. The predicted molar refractivity (Wildman–Crippen MR) is 131 cm³/mol. The number of alkyl halides is 3. The first kappa shape index (κ1) is 27.1. The largest absolute Gasteiger partial charge is 0.497 e. The molecule has 0 aliphatic carbocycles. The maximum absolute atomic E-state index is 13.7. The molecule has 1 heterocycles. The fraction of sp³-hybridized carbons (Fsp3) is 0.231. The van der Waals surface area contributed by atoms with E-state index in [1.54, 1.807) is 12.1 Å². The first-order valence-corrected chi connectivity index (χ1v) is 12.8. The van der Waals surface area contributed by atoms with E-state index in [2.05, 4.69) is 0 Å². The molecule has 3 aromatic carbocycles. The number of carbonyl (C=O) groups excluding carboxylic acids is 1. The Hall–Kier alpha value is -3.90. The minimum Gasteiger partial charge on any atom is -0.497 e. The Labute approximate surface area is 216 Å². The first-order chi connectivity index (χ1) is 17.9. The summed E-state index contributed by atoms with van der Waals surface area (Å²) in [6.45, 7) is 0.151. The lowest BCUT2D eigenvalue weighted by molar-refractivity contribution is -0.141. The van der Waals surface area contributed by atoms with E-state index in [1.807, 2.05) is 0 Å². The molecule has 0 radical (unpaired) electrons. The van der Waals surface area contributed by atoms with E-state index < -0.39 is 46.2 Å². The van der Waals surface area contributed by atoms with E-state index in [0.29, 0.717) is 11.3 Å². The quantitative estimate of drug-likeness (QED) is 0.509. The van der Waals surface area contributed by atoms with E-state index in [0.717, 1.165) is 28.3 Å². The zero-order chi connectivity index (χ0) is 27.8. The molecule has 0 saturated carbocycles. The van der Waals surface area contributed by atoms with Crippen LogP contribution in [0.4, 0.5) is 18.9 Å². The molecule has 0 saturated heterocycles. The van der Waals surface area contributed by atoms with Crippen molar-refractivity contribution in [3.05, 3.63) is 89.0 Å². The van der Waals surface area contributed by atoms with Crippen molar-refractivity contribution in [3.63, 3.8) is 0 Å². The molecule has 12 heteroatoms. The van der Waals surface area contributed by atoms with Gasteiger partial charge in [0, 0.05) is 17.8 Å². The minimum absolute atomic E-state index is 0.185. The van der Waals surface area contributed by atoms with Crippen molar-refractivity contribution in [3.8, 4) is 5.75 Å². The second kappa shape index (κ2) is 10.1. The Kier molecular flexibility index (Phi) is 7.22. The number of hydrogen-bond acceptors (Lipinski definition) is 5. The van der Waals surface area contributed by atoms with Crippen LogP contribution in [0.5, 0.6) is 5.75 Å². The number of nitrogens with zero attached hydrogens (tertiary/aromatic N) is 2. The number of halogens is 3. The molecule has 200 valence electrons. The van der Waals surface area contributed by atoms with Gasteiger partial charge in [-0.1, -0.05) is 24.3 Å². The lowest BCUT2D eigenvalue weighted by Gasteiger charge is -2.29. The standard InChI is InChI=1S/C26H23F3N2O6S/c1-16-20(7-5-8-21(16)26(27,28)29)24(32)30-15-23(25(33)34)31(14-17-6-3-4-9-22(17)30)38(35,36)19-12-10-18(37-2)11-13-19/h3-13,23H,14-15H2,1-2H3,(H,33,34). The number of anilines is 1. The summed E-state index contributed by atoms with van der Waals surface area (Å²) in [7, 11) is -2.97. The van der Waals surface area contributed by atoms with Crippen LogP contribution in [0.1, 0.15) is 27.0 Å². The summed E-state index contributed by atoms with van der Waals surface area (Å²) < 4.78 is 73.6. The number of amides is 1. The van der Waals surface area contributed by atoms with Crippen molar-refractivity contribution >= 4 is 27.6 Å². The van der Waals surface area contributed by atoms with Gasteiger partial charge < -0.3 is 14.7 Å². The highest BCUT2D eigenvalue weighted by molar-refractivity contribution is 7.89. The van der Waals surface area contributed by atoms with Crippen LogP contribution in [0.25, 0.3) is 0 Å². The third-order valence-corrected chi connectivity index (χ3v) is 8.25. The van der Waals surface area contributed by atoms with E-state index in [9.17, 15) is 36.3 Å². The van der Waals surface area contributed by atoms with Crippen LogP contribution in [0, 0.1) is 6.92 Å². The fourth-order valence-corrected chi connectivity index (χ4v) is 5.95. The molecule has 1 atom stereocenters. The molecule has 0 bridgehead atoms. The van der Waals surface area contributed by atoms with Gasteiger partial charge in [0.05, 0.1) is 24.1 Å². The molecule has 1 N–H and O–H groups in total. The van der Waals surface area contributed by atoms with Gasteiger partial charge in [-0.15, -0.1) is 0 Å². The minimum atomic E-state index is -4.70. The van der Waals surface area contributed by atoms with E-state index in [1.165, 1.54) is 49.6 Å². The third kappa shape index (κ3) is 4.96. The summed E-state index contributed by atoms with van der Waals surface area (Å²) in [5.74, 6) is -2.00. The molecule has 1 amide bonds. The highest BCUT2D eigenvalue weighted by Crippen LogP contribution is 2.36. The number of carboxylic acids is 1. The lowest BCUT2D eigenvalue weighted by Crippen LogP contribution is -2.50. The number of methoxy groups -OCH3 is 1. The molecule has 0 fully saturated rings. The van der Waals surface area contributed by atoms with Crippen LogP contribution >= 0.6 is 0 Å². The zero-order valence-corrected chi connectivity index (χ0v) is 21.1. The highest BCUT2D eigenvalue weighted by Gasteiger charge is 2.42. The average Bonchev–Trinajstić information content (AvgIpc) is 3.06. The third-order valence-electron chi connectivity index (χ3n) is 6.38. The molecular weight excluding hydrogens is 525 g/mol. The zero-order valence-electron chi connectivity index (χ0n) is 20.3. The van der Waals surface area contributed by atoms with E-state index in [-0.39, 0.29) is 28.3 Å². The van der Waals surface area contributed by atoms with E-state index >= 15 is 0 Å². The summed E-state index contributed by atoms with van der Waals surface area (Å²) in [4.78, 5) is 26.9. The van der Waals surface area contributed by atoms with Gasteiger partial charge in [-0.05, 0) is 60.5 Å². The van der Waals surface area contributed by atoms with Crippen molar-refractivity contribution < 1.29 is 41.0 Å². The molecule has 1 aliphatic rings. The van der Waals surface area contributed by atoms with Gasteiger partial charge in [0.1, 0.15) is 11.8 Å². The van der Waals surface area contributed by atoms with Gasteiger partial charge in [0.25, 0.3) is 5.91 Å². The second-order valence-corrected chi connectivity index (χ2v) is 10.5. The van der Waals surface area contributed by atoms with Crippen LogP contribution in [-0.2, 0) is 27.5 Å². The molecule has 1 unspecified atom stereocenters. The molecule has 8 nitrogen and oxygen atoms in total. The van der Waals surface area contributed by atoms with Gasteiger partial charge in [0.15, 0.2) is 0 Å². The Morgan fingerprint density at radius 2 is 1.66 bits per heavy atom. The van der Waals surface area contributed by atoms with Crippen molar-refractivity contribution in [2.24, 2.45) is 0 Å². The summed E-state index contributed by atoms with van der Waals surface area (Å²) in [6.07, 6.45) is -4.70. The fourth-order valence-electron chi connectivity index (χ4n) is 4.40. The number of carbonyl (C=O) groups is 2. The molecule has 1 aliphatic heterocycles. The number of ether oxygens (including phenoxy) is 1. The van der Waals surface area contributed by atoms with Crippen LogP contribution in [0.3, 0.4) is 0 Å². The predicted octanol–water partition coefficient (Wildman–Crippen LogP) is 4.33. The van der Waals surface area contributed by atoms with Gasteiger partial charge in [-0.3, -0.25) is 9.59 Å². The second-order valence-electron chi connectivity index (χ2n) is 8.60. The summed E-state index contributed by atoms with van der Waals surface area (Å²) >= 11 is 0. The van der Waals surface area contributed by atoms with Gasteiger partial charge in [0.2, 0.25) is 10.0 Å². The molecule has 0 spiro atoms. The molecular formula is C26H23F3N2O6S. The summed E-state index contributed by atoms with van der Waals surface area (Å²) in [5.41, 5.74) is -1.07. The van der Waals surface area contributed by atoms with Crippen molar-refractivity contribution in [1.82, 2.24) is 4.31 Å². The van der Waals surface area contributed by atoms with Crippen LogP contribution in [-0.4, -0.2) is 49.4 Å². The number of aliphatic carboxylic acids is 1. The Morgan fingerprint density at radius 1 is 1.00 bits per heavy atom. The lowest BCUT2D eigenvalue weighted by atomic mass is 10.00. The number of sulfonamides is 1. The normalized spacial score (nSPS) is 16.4. The highest BCUT2D eigenvalue weighted by atomic mass is 32.2. The summed E-state index contributed by atoms with van der Waals surface area (Å²) in [5, 5.41) is 10.1. The van der Waals surface area contributed by atoms with Crippen LogP contribution in [0.2, 0.25) is 0 Å². The van der Waals surface area contributed by atoms with Crippen molar-refractivity contribution in [1.29, 1.82) is 0 Å². The molecule has 3 aromatic rings.